The maximum atomic E-state index is 12.6. The highest BCUT2D eigenvalue weighted by atomic mass is 19.4. The number of alkyl halides is 3. The number of amides is 1. The first kappa shape index (κ1) is 23.2. The SMILES string of the molecule is O=C(NCC(F)(F)F)/C(=C/c1cccnc1)c1ccc(OCc2ccc3c(n2)=CCCC=3)cc1. The second kappa shape index (κ2) is 10.3. The normalized spacial score (nSPS) is 13.3. The Morgan fingerprint density at radius 1 is 1.06 bits per heavy atom. The van der Waals surface area contributed by atoms with Gasteiger partial charge in [0.15, 0.2) is 0 Å². The molecule has 0 unspecified atom stereocenters. The first-order chi connectivity index (χ1) is 16.4. The molecule has 34 heavy (non-hydrogen) atoms. The van der Waals surface area contributed by atoms with E-state index in [9.17, 15) is 18.0 Å². The number of halogens is 3. The predicted octanol–water partition coefficient (Wildman–Crippen LogP) is 3.63. The predicted molar refractivity (Wildman–Crippen MR) is 124 cm³/mol. The molecule has 0 spiro atoms. The number of aromatic nitrogens is 2. The Hall–Kier alpha value is -3.94. The van der Waals surface area contributed by atoms with Crippen LogP contribution < -0.4 is 20.6 Å². The van der Waals surface area contributed by atoms with Crippen LogP contribution in [0, 0.1) is 0 Å². The van der Waals surface area contributed by atoms with E-state index in [4.69, 9.17) is 4.74 Å². The molecule has 0 fully saturated rings. The molecular formula is C26H22F3N3O2. The van der Waals surface area contributed by atoms with E-state index in [0.717, 1.165) is 29.1 Å². The Balaban J connectivity index is 1.50. The minimum absolute atomic E-state index is 0.0898. The number of carbonyl (C=O) groups excluding carboxylic acids is 1. The molecule has 174 valence electrons. The maximum absolute atomic E-state index is 12.6. The molecule has 1 aliphatic rings. The number of nitrogens with zero attached hydrogens (tertiary/aromatic N) is 2. The molecule has 1 amide bonds. The maximum Gasteiger partial charge on any atom is 0.405 e. The van der Waals surface area contributed by atoms with E-state index in [0.29, 0.717) is 16.9 Å². The average Bonchev–Trinajstić information content (AvgIpc) is 2.85. The molecule has 4 rings (SSSR count). The van der Waals surface area contributed by atoms with Gasteiger partial charge in [0.1, 0.15) is 18.9 Å². The summed E-state index contributed by atoms with van der Waals surface area (Å²) in [6.45, 7) is -1.15. The van der Waals surface area contributed by atoms with Crippen LogP contribution >= 0.6 is 0 Å². The molecule has 0 saturated carbocycles. The zero-order valence-electron chi connectivity index (χ0n) is 18.2. The lowest BCUT2D eigenvalue weighted by atomic mass is 10.0. The zero-order valence-corrected chi connectivity index (χ0v) is 18.2. The van der Waals surface area contributed by atoms with Crippen LogP contribution in [-0.2, 0) is 11.4 Å². The smallest absolute Gasteiger partial charge is 0.405 e. The number of hydrogen-bond acceptors (Lipinski definition) is 4. The van der Waals surface area contributed by atoms with E-state index in [1.54, 1.807) is 42.6 Å². The van der Waals surface area contributed by atoms with Gasteiger partial charge in [-0.15, -0.1) is 0 Å². The van der Waals surface area contributed by atoms with Gasteiger partial charge < -0.3 is 10.1 Å². The second-order valence-electron chi connectivity index (χ2n) is 7.72. The number of benzene rings is 1. The summed E-state index contributed by atoms with van der Waals surface area (Å²) < 4.78 is 43.7. The van der Waals surface area contributed by atoms with E-state index in [1.807, 2.05) is 17.4 Å². The summed E-state index contributed by atoms with van der Waals surface area (Å²) in [6, 6.07) is 13.9. The summed E-state index contributed by atoms with van der Waals surface area (Å²) in [5.74, 6) is -0.281. The van der Waals surface area contributed by atoms with Gasteiger partial charge in [-0.05, 0) is 59.5 Å². The fraction of sp³-hybridized carbons (Fsp3) is 0.192. The summed E-state index contributed by atoms with van der Waals surface area (Å²) in [6.07, 6.45) is 6.34. The fourth-order valence-corrected chi connectivity index (χ4v) is 3.47. The summed E-state index contributed by atoms with van der Waals surface area (Å²) >= 11 is 0. The summed E-state index contributed by atoms with van der Waals surface area (Å²) in [4.78, 5) is 21.2. The lowest BCUT2D eigenvalue weighted by Gasteiger charge is -2.12. The molecule has 1 N–H and O–H groups in total. The molecule has 1 aromatic carbocycles. The molecule has 3 aromatic rings. The van der Waals surface area contributed by atoms with Crippen LogP contribution in [0.4, 0.5) is 13.2 Å². The second-order valence-corrected chi connectivity index (χ2v) is 7.72. The number of hydrogen-bond donors (Lipinski definition) is 1. The van der Waals surface area contributed by atoms with Crippen LogP contribution in [0.3, 0.4) is 0 Å². The number of rotatable bonds is 7. The van der Waals surface area contributed by atoms with Gasteiger partial charge in [-0.25, -0.2) is 4.98 Å². The van der Waals surface area contributed by atoms with Crippen molar-refractivity contribution < 1.29 is 22.7 Å². The minimum Gasteiger partial charge on any atom is -0.487 e. The van der Waals surface area contributed by atoms with E-state index >= 15 is 0 Å². The van der Waals surface area contributed by atoms with Crippen molar-refractivity contribution in [2.24, 2.45) is 0 Å². The Kier molecular flexibility index (Phi) is 7.06. The monoisotopic (exact) mass is 465 g/mol. The van der Waals surface area contributed by atoms with Gasteiger partial charge in [0.2, 0.25) is 0 Å². The van der Waals surface area contributed by atoms with Gasteiger partial charge in [0.25, 0.3) is 5.91 Å². The molecule has 2 aromatic heterocycles. The van der Waals surface area contributed by atoms with Gasteiger partial charge >= 0.3 is 6.18 Å². The third-order valence-electron chi connectivity index (χ3n) is 5.13. The molecule has 0 radical (unpaired) electrons. The number of ether oxygens (including phenoxy) is 1. The van der Waals surface area contributed by atoms with Crippen molar-refractivity contribution in [1.29, 1.82) is 0 Å². The van der Waals surface area contributed by atoms with Crippen molar-refractivity contribution in [1.82, 2.24) is 15.3 Å². The standard InChI is InChI=1S/C26H22F3N3O2/c27-26(28,29)17-31-25(33)23(14-18-4-3-13-30-15-18)19-8-11-22(12-9-19)34-16-21-10-7-20-5-1-2-6-24(20)32-21/h3-15H,1-2,16-17H2,(H,31,33)/b23-14+. The zero-order chi connectivity index (χ0) is 24.0. The molecule has 0 saturated heterocycles. The van der Waals surface area contributed by atoms with Crippen molar-refractivity contribution >= 4 is 29.7 Å². The molecule has 1 aliphatic carbocycles. The molecule has 8 heteroatoms. The Bertz CT molecular complexity index is 1300. The van der Waals surface area contributed by atoms with E-state index in [-0.39, 0.29) is 12.2 Å². The van der Waals surface area contributed by atoms with Crippen LogP contribution in [0.2, 0.25) is 0 Å². The van der Waals surface area contributed by atoms with Crippen molar-refractivity contribution in [3.63, 3.8) is 0 Å². The number of fused-ring (bicyclic) bond motifs is 1. The number of nitrogens with one attached hydrogen (secondary N) is 1. The van der Waals surface area contributed by atoms with E-state index < -0.39 is 18.6 Å². The highest BCUT2D eigenvalue weighted by molar-refractivity contribution is 6.24. The van der Waals surface area contributed by atoms with Crippen LogP contribution in [0.1, 0.15) is 29.7 Å². The van der Waals surface area contributed by atoms with Crippen LogP contribution in [-0.4, -0.2) is 28.6 Å². The summed E-state index contributed by atoms with van der Waals surface area (Å²) in [7, 11) is 0. The lowest BCUT2D eigenvalue weighted by molar-refractivity contribution is -0.135. The Morgan fingerprint density at radius 3 is 2.59 bits per heavy atom. The lowest BCUT2D eigenvalue weighted by Crippen LogP contribution is -2.34. The van der Waals surface area contributed by atoms with Crippen LogP contribution in [0.5, 0.6) is 5.75 Å². The fourth-order valence-electron chi connectivity index (χ4n) is 3.47. The highest BCUT2D eigenvalue weighted by Crippen LogP contribution is 2.23. The van der Waals surface area contributed by atoms with Gasteiger partial charge in [0.05, 0.1) is 11.0 Å². The van der Waals surface area contributed by atoms with Gasteiger partial charge in [-0.3, -0.25) is 9.78 Å². The highest BCUT2D eigenvalue weighted by Gasteiger charge is 2.28. The van der Waals surface area contributed by atoms with Crippen molar-refractivity contribution in [3.05, 3.63) is 88.3 Å². The van der Waals surface area contributed by atoms with Gasteiger partial charge in [0, 0.05) is 18.0 Å². The van der Waals surface area contributed by atoms with E-state index in [1.165, 1.54) is 12.3 Å². The number of carbonyl (C=O) groups is 1. The van der Waals surface area contributed by atoms with Gasteiger partial charge in [-0.1, -0.05) is 36.4 Å². The first-order valence-electron chi connectivity index (χ1n) is 10.7. The summed E-state index contributed by atoms with van der Waals surface area (Å²) in [5, 5.41) is 4.01. The largest absolute Gasteiger partial charge is 0.487 e. The van der Waals surface area contributed by atoms with Crippen LogP contribution in [0.25, 0.3) is 23.8 Å². The molecule has 0 atom stereocenters. The number of pyridine rings is 2. The van der Waals surface area contributed by atoms with Crippen LogP contribution in [0.15, 0.2) is 60.9 Å². The molecule has 0 bridgehead atoms. The summed E-state index contributed by atoms with van der Waals surface area (Å²) in [5.41, 5.74) is 1.92. The molecule has 0 aliphatic heterocycles. The average molecular weight is 465 g/mol. The minimum atomic E-state index is -4.51. The van der Waals surface area contributed by atoms with Crippen molar-refractivity contribution in [2.45, 2.75) is 25.6 Å². The Labute approximate surface area is 194 Å². The topological polar surface area (TPSA) is 64.1 Å². The van der Waals surface area contributed by atoms with Crippen molar-refractivity contribution in [3.8, 4) is 5.75 Å². The van der Waals surface area contributed by atoms with E-state index in [2.05, 4.69) is 22.1 Å². The third-order valence-corrected chi connectivity index (χ3v) is 5.13. The van der Waals surface area contributed by atoms with Crippen molar-refractivity contribution in [2.75, 3.05) is 6.54 Å². The molecule has 5 nitrogen and oxygen atoms in total. The quantitative estimate of drug-likeness (QED) is 0.542. The first-order valence-corrected chi connectivity index (χ1v) is 10.7. The van der Waals surface area contributed by atoms with Gasteiger partial charge in [-0.2, -0.15) is 13.2 Å². The molecular weight excluding hydrogens is 443 g/mol. The third kappa shape index (κ3) is 6.31. The Morgan fingerprint density at radius 2 is 1.85 bits per heavy atom. The molecule has 2 heterocycles.